The molecule has 0 bridgehead atoms. The van der Waals surface area contributed by atoms with Crippen LogP contribution in [0, 0.1) is 0 Å². The number of methoxy groups -OCH3 is 1. The lowest BCUT2D eigenvalue weighted by molar-refractivity contribution is 0.0600. The van der Waals surface area contributed by atoms with Crippen molar-refractivity contribution in [2.24, 2.45) is 0 Å². The van der Waals surface area contributed by atoms with Crippen LogP contribution < -0.4 is 4.72 Å². The van der Waals surface area contributed by atoms with Gasteiger partial charge < -0.3 is 9.64 Å². The van der Waals surface area contributed by atoms with Crippen molar-refractivity contribution in [3.8, 4) is 0 Å². The van der Waals surface area contributed by atoms with Crippen LogP contribution in [-0.4, -0.2) is 52.1 Å². The van der Waals surface area contributed by atoms with Crippen molar-refractivity contribution in [1.29, 1.82) is 0 Å². The van der Waals surface area contributed by atoms with E-state index in [1.807, 2.05) is 6.92 Å². The molecule has 1 atom stereocenters. The molecule has 23 heavy (non-hydrogen) atoms. The van der Waals surface area contributed by atoms with Gasteiger partial charge in [0.1, 0.15) is 0 Å². The van der Waals surface area contributed by atoms with Crippen LogP contribution in [0.25, 0.3) is 0 Å². The van der Waals surface area contributed by atoms with Crippen LogP contribution >= 0.6 is 0 Å². The second-order valence-electron chi connectivity index (χ2n) is 5.88. The molecule has 2 rings (SSSR count). The van der Waals surface area contributed by atoms with Gasteiger partial charge in [0.15, 0.2) is 0 Å². The van der Waals surface area contributed by atoms with E-state index in [0.717, 1.165) is 26.1 Å². The number of rotatable bonds is 7. The molecule has 0 aliphatic carbocycles. The van der Waals surface area contributed by atoms with Gasteiger partial charge in [0.25, 0.3) is 0 Å². The van der Waals surface area contributed by atoms with Gasteiger partial charge in [-0.25, -0.2) is 17.9 Å². The predicted molar refractivity (Wildman–Crippen MR) is 87.9 cm³/mol. The lowest BCUT2D eigenvalue weighted by Crippen LogP contribution is -2.35. The van der Waals surface area contributed by atoms with Crippen LogP contribution in [0.5, 0.6) is 0 Å². The number of ether oxygens (including phenoxy) is 1. The molecule has 7 heteroatoms. The molecule has 0 radical (unpaired) electrons. The molecule has 0 amide bonds. The summed E-state index contributed by atoms with van der Waals surface area (Å²) in [5.41, 5.74) is 0.222. The van der Waals surface area contributed by atoms with Gasteiger partial charge in [-0.05, 0) is 64.0 Å². The van der Waals surface area contributed by atoms with E-state index >= 15 is 0 Å². The number of likely N-dealkylation sites (tertiary alicyclic amines) is 1. The van der Waals surface area contributed by atoms with E-state index in [0.29, 0.717) is 0 Å². The summed E-state index contributed by atoms with van der Waals surface area (Å²) in [4.78, 5) is 13.9. The van der Waals surface area contributed by atoms with E-state index in [1.165, 1.54) is 44.2 Å². The molecular weight excluding hydrogens is 316 g/mol. The van der Waals surface area contributed by atoms with E-state index in [9.17, 15) is 13.2 Å². The Bertz CT molecular complexity index is 639. The molecule has 1 N–H and O–H groups in total. The molecule has 0 saturated carbocycles. The van der Waals surface area contributed by atoms with Gasteiger partial charge in [-0.1, -0.05) is 6.07 Å². The summed E-state index contributed by atoms with van der Waals surface area (Å²) in [7, 11) is -2.38. The van der Waals surface area contributed by atoms with Crippen LogP contribution in [0.2, 0.25) is 0 Å². The first-order valence-corrected chi connectivity index (χ1v) is 9.34. The molecule has 1 aliphatic heterocycles. The van der Waals surface area contributed by atoms with Crippen LogP contribution in [0.3, 0.4) is 0 Å². The fourth-order valence-electron chi connectivity index (χ4n) is 2.68. The van der Waals surface area contributed by atoms with Crippen molar-refractivity contribution < 1.29 is 17.9 Å². The summed E-state index contributed by atoms with van der Waals surface area (Å²) in [5, 5.41) is 0. The Morgan fingerprint density at radius 3 is 2.70 bits per heavy atom. The number of nitrogens with one attached hydrogen (secondary N) is 1. The van der Waals surface area contributed by atoms with Gasteiger partial charge in [0.2, 0.25) is 10.0 Å². The van der Waals surface area contributed by atoms with E-state index in [1.54, 1.807) is 0 Å². The van der Waals surface area contributed by atoms with E-state index < -0.39 is 16.0 Å². The highest BCUT2D eigenvalue weighted by atomic mass is 32.2. The zero-order chi connectivity index (χ0) is 16.9. The second-order valence-corrected chi connectivity index (χ2v) is 7.59. The highest BCUT2D eigenvalue weighted by Crippen LogP contribution is 2.14. The molecular formula is C16H24N2O4S. The average molecular weight is 340 g/mol. The molecule has 0 spiro atoms. The highest BCUT2D eigenvalue weighted by Gasteiger charge is 2.20. The number of sulfonamides is 1. The number of hydrogen-bond acceptors (Lipinski definition) is 5. The van der Waals surface area contributed by atoms with Gasteiger partial charge in [0, 0.05) is 6.04 Å². The van der Waals surface area contributed by atoms with E-state index in [-0.39, 0.29) is 16.5 Å². The van der Waals surface area contributed by atoms with E-state index in [2.05, 4.69) is 14.4 Å². The minimum atomic E-state index is -3.65. The fraction of sp³-hybridized carbons (Fsp3) is 0.562. The summed E-state index contributed by atoms with van der Waals surface area (Å²) in [6.07, 6.45) is 3.21. The Morgan fingerprint density at radius 2 is 2.04 bits per heavy atom. The van der Waals surface area contributed by atoms with E-state index in [4.69, 9.17) is 0 Å². The standard InChI is InChI=1S/C16H24N2O4S/c1-13(8-11-18-9-3-4-10-18)17-23(20,21)15-7-5-6-14(12-15)16(19)22-2/h5-7,12-13,17H,3-4,8-11H2,1-2H3/t13-/m0/s1. The Hall–Kier alpha value is -1.44. The number of esters is 1. The van der Waals surface area contributed by atoms with Crippen LogP contribution in [0.15, 0.2) is 29.2 Å². The van der Waals surface area contributed by atoms with Crippen molar-refractivity contribution in [1.82, 2.24) is 9.62 Å². The molecule has 1 fully saturated rings. The fourth-order valence-corrected chi connectivity index (χ4v) is 4.01. The molecule has 1 aliphatic rings. The summed E-state index contributed by atoms with van der Waals surface area (Å²) < 4.78 is 32.1. The zero-order valence-electron chi connectivity index (χ0n) is 13.6. The molecule has 0 unspecified atom stereocenters. The quantitative estimate of drug-likeness (QED) is 0.764. The highest BCUT2D eigenvalue weighted by molar-refractivity contribution is 7.89. The Morgan fingerprint density at radius 1 is 1.35 bits per heavy atom. The molecule has 0 aromatic heterocycles. The molecule has 1 aromatic carbocycles. The number of hydrogen-bond donors (Lipinski definition) is 1. The molecule has 1 saturated heterocycles. The normalized spacial score (nSPS) is 17.1. The lowest BCUT2D eigenvalue weighted by atomic mass is 10.2. The third-order valence-corrected chi connectivity index (χ3v) is 5.59. The Labute approximate surface area is 137 Å². The number of benzene rings is 1. The Kier molecular flexibility index (Phi) is 6.15. The van der Waals surface area contributed by atoms with Crippen molar-refractivity contribution >= 4 is 16.0 Å². The zero-order valence-corrected chi connectivity index (χ0v) is 14.4. The molecule has 1 aromatic rings. The monoisotopic (exact) mass is 340 g/mol. The largest absolute Gasteiger partial charge is 0.465 e. The third kappa shape index (κ3) is 5.02. The van der Waals surface area contributed by atoms with Crippen molar-refractivity contribution in [2.75, 3.05) is 26.7 Å². The van der Waals surface area contributed by atoms with Gasteiger partial charge >= 0.3 is 5.97 Å². The number of carbonyl (C=O) groups is 1. The smallest absolute Gasteiger partial charge is 0.337 e. The lowest BCUT2D eigenvalue weighted by Gasteiger charge is -2.19. The summed E-state index contributed by atoms with van der Waals surface area (Å²) >= 11 is 0. The molecule has 6 nitrogen and oxygen atoms in total. The maximum absolute atomic E-state index is 12.4. The van der Waals surface area contributed by atoms with Gasteiger partial charge in [-0.15, -0.1) is 0 Å². The summed E-state index contributed by atoms with van der Waals surface area (Å²) in [6.45, 7) is 4.95. The summed E-state index contributed by atoms with van der Waals surface area (Å²) in [6, 6.07) is 5.71. The van der Waals surface area contributed by atoms with Gasteiger partial charge in [-0.2, -0.15) is 0 Å². The van der Waals surface area contributed by atoms with Crippen LogP contribution in [0.1, 0.15) is 36.5 Å². The predicted octanol–water partition coefficient (Wildman–Crippen LogP) is 1.63. The minimum absolute atomic E-state index is 0.0772. The maximum Gasteiger partial charge on any atom is 0.337 e. The second kappa shape index (κ2) is 7.90. The average Bonchev–Trinajstić information content (AvgIpc) is 3.05. The third-order valence-electron chi connectivity index (χ3n) is 4.00. The van der Waals surface area contributed by atoms with Crippen LogP contribution in [0.4, 0.5) is 0 Å². The van der Waals surface area contributed by atoms with Crippen molar-refractivity contribution in [3.63, 3.8) is 0 Å². The molecule has 1 heterocycles. The first-order valence-electron chi connectivity index (χ1n) is 7.85. The Balaban J connectivity index is 1.98. The topological polar surface area (TPSA) is 75.7 Å². The number of carbonyl (C=O) groups excluding carboxylic acids is 1. The molecule has 128 valence electrons. The summed E-state index contributed by atoms with van der Waals surface area (Å²) in [5.74, 6) is -0.552. The number of nitrogens with zero attached hydrogens (tertiary/aromatic N) is 1. The minimum Gasteiger partial charge on any atom is -0.465 e. The van der Waals surface area contributed by atoms with Gasteiger partial charge in [-0.3, -0.25) is 0 Å². The first kappa shape index (κ1) is 17.9. The van der Waals surface area contributed by atoms with Gasteiger partial charge in [0.05, 0.1) is 17.6 Å². The van der Waals surface area contributed by atoms with Crippen LogP contribution in [-0.2, 0) is 14.8 Å². The maximum atomic E-state index is 12.4. The van der Waals surface area contributed by atoms with Crippen molar-refractivity contribution in [2.45, 2.75) is 37.1 Å². The van der Waals surface area contributed by atoms with Crippen molar-refractivity contribution in [3.05, 3.63) is 29.8 Å². The first-order chi connectivity index (χ1) is 10.9. The SMILES string of the molecule is COC(=O)c1cccc(S(=O)(=O)N[C@@H](C)CCN2CCCC2)c1.